The molecular formula is C18H20N4O. The minimum Gasteiger partial charge on any atom is -0.362 e. The van der Waals surface area contributed by atoms with Crippen LogP contribution in [0.3, 0.4) is 0 Å². The fourth-order valence-electron chi connectivity index (χ4n) is 2.77. The van der Waals surface area contributed by atoms with Gasteiger partial charge in [-0.05, 0) is 37.5 Å². The Balaban J connectivity index is 1.62. The highest BCUT2D eigenvalue weighted by Gasteiger charge is 2.18. The number of nitrogens with zero attached hydrogens (tertiary/aromatic N) is 3. The van der Waals surface area contributed by atoms with Gasteiger partial charge in [0.2, 0.25) is 0 Å². The van der Waals surface area contributed by atoms with Gasteiger partial charge in [0.15, 0.2) is 0 Å². The number of aromatic nitrogens is 1. The number of carbonyl (C=O) groups is 1. The van der Waals surface area contributed by atoms with Crippen LogP contribution in [0.4, 0.5) is 5.69 Å². The van der Waals surface area contributed by atoms with E-state index in [0.29, 0.717) is 6.54 Å². The summed E-state index contributed by atoms with van der Waals surface area (Å²) < 4.78 is 0. The predicted molar refractivity (Wildman–Crippen MR) is 91.6 cm³/mol. The molecule has 0 bridgehead atoms. The van der Waals surface area contributed by atoms with Gasteiger partial charge in [-0.1, -0.05) is 24.3 Å². The third kappa shape index (κ3) is 3.74. The second kappa shape index (κ2) is 7.05. The van der Waals surface area contributed by atoms with E-state index in [1.54, 1.807) is 12.4 Å². The van der Waals surface area contributed by atoms with Gasteiger partial charge in [-0.15, -0.1) is 0 Å². The molecule has 2 aromatic rings. The third-order valence-electron chi connectivity index (χ3n) is 3.97. The van der Waals surface area contributed by atoms with Crippen LogP contribution < -0.4 is 10.3 Å². The Bertz CT molecular complexity index is 712. The van der Waals surface area contributed by atoms with E-state index >= 15 is 0 Å². The Labute approximate surface area is 136 Å². The molecule has 5 nitrogen and oxygen atoms in total. The molecule has 0 fully saturated rings. The topological polar surface area (TPSA) is 57.6 Å². The van der Waals surface area contributed by atoms with Crippen molar-refractivity contribution in [3.8, 4) is 0 Å². The average molecular weight is 308 g/mol. The quantitative estimate of drug-likeness (QED) is 0.697. The van der Waals surface area contributed by atoms with Crippen LogP contribution >= 0.6 is 0 Å². The molecule has 3 rings (SSSR count). The van der Waals surface area contributed by atoms with Gasteiger partial charge in [0.1, 0.15) is 0 Å². The van der Waals surface area contributed by atoms with Gasteiger partial charge in [0.05, 0.1) is 12.3 Å². The minimum absolute atomic E-state index is 0.107. The first kappa shape index (κ1) is 15.2. The molecule has 23 heavy (non-hydrogen) atoms. The molecule has 1 aliphatic rings. The number of hydrazone groups is 1. The highest BCUT2D eigenvalue weighted by atomic mass is 16.2. The van der Waals surface area contributed by atoms with Gasteiger partial charge in [-0.25, -0.2) is 5.43 Å². The summed E-state index contributed by atoms with van der Waals surface area (Å²) in [6.45, 7) is 3.07. The molecule has 2 heterocycles. The summed E-state index contributed by atoms with van der Waals surface area (Å²) in [7, 11) is 0. The molecule has 1 amide bonds. The van der Waals surface area contributed by atoms with E-state index in [9.17, 15) is 4.79 Å². The van der Waals surface area contributed by atoms with Crippen molar-refractivity contribution in [2.24, 2.45) is 5.10 Å². The van der Waals surface area contributed by atoms with Gasteiger partial charge >= 0.3 is 0 Å². The van der Waals surface area contributed by atoms with Crippen molar-refractivity contribution >= 4 is 17.3 Å². The normalized spacial score (nSPS) is 14.3. The van der Waals surface area contributed by atoms with Crippen molar-refractivity contribution in [1.82, 2.24) is 10.4 Å². The number of pyridine rings is 1. The zero-order valence-electron chi connectivity index (χ0n) is 13.2. The van der Waals surface area contributed by atoms with Gasteiger partial charge in [0, 0.05) is 30.2 Å². The van der Waals surface area contributed by atoms with Crippen LogP contribution in [0, 0.1) is 0 Å². The van der Waals surface area contributed by atoms with Gasteiger partial charge < -0.3 is 4.90 Å². The maximum absolute atomic E-state index is 12.2. The maximum atomic E-state index is 12.2. The summed E-state index contributed by atoms with van der Waals surface area (Å²) in [5.41, 5.74) is 6.74. The molecule has 0 saturated carbocycles. The Hall–Kier alpha value is -2.69. The zero-order chi connectivity index (χ0) is 16.1. The summed E-state index contributed by atoms with van der Waals surface area (Å²) in [5, 5.41) is 4.17. The molecule has 1 aromatic carbocycles. The Morgan fingerprint density at radius 3 is 3.00 bits per heavy atom. The number of para-hydroxylation sites is 1. The Morgan fingerprint density at radius 2 is 2.17 bits per heavy atom. The van der Waals surface area contributed by atoms with Gasteiger partial charge in [-0.2, -0.15) is 5.10 Å². The largest absolute Gasteiger partial charge is 0.362 e. The number of carbonyl (C=O) groups excluding carboxylic acids is 1. The number of anilines is 1. The van der Waals surface area contributed by atoms with Crippen molar-refractivity contribution in [2.45, 2.75) is 19.8 Å². The van der Waals surface area contributed by atoms with Crippen LogP contribution in [0.2, 0.25) is 0 Å². The monoisotopic (exact) mass is 308 g/mol. The number of amides is 1. The fraction of sp³-hybridized carbons (Fsp3) is 0.278. The molecule has 0 aliphatic carbocycles. The zero-order valence-corrected chi connectivity index (χ0v) is 13.2. The van der Waals surface area contributed by atoms with E-state index in [4.69, 9.17) is 0 Å². The Kier molecular flexibility index (Phi) is 4.66. The predicted octanol–water partition coefficient (Wildman–Crippen LogP) is 2.37. The van der Waals surface area contributed by atoms with Crippen LogP contribution in [0.15, 0.2) is 53.9 Å². The molecular weight excluding hydrogens is 288 g/mol. The lowest BCUT2D eigenvalue weighted by Crippen LogP contribution is -2.38. The number of fused-ring (bicyclic) bond motifs is 1. The first-order chi connectivity index (χ1) is 11.2. The van der Waals surface area contributed by atoms with Gasteiger partial charge in [0.25, 0.3) is 5.91 Å². The Morgan fingerprint density at radius 1 is 1.30 bits per heavy atom. The van der Waals surface area contributed by atoms with Crippen LogP contribution in [-0.4, -0.2) is 29.7 Å². The molecule has 0 spiro atoms. The molecule has 5 heteroatoms. The lowest BCUT2D eigenvalue weighted by Gasteiger charge is -2.30. The lowest BCUT2D eigenvalue weighted by atomic mass is 10.0. The second-order valence-electron chi connectivity index (χ2n) is 5.63. The summed E-state index contributed by atoms with van der Waals surface area (Å²) in [6.07, 6.45) is 5.59. The SMILES string of the molecule is C/C(=N/NC(=O)CN1CCCc2ccccc21)c1cccnc1. The second-order valence-corrected chi connectivity index (χ2v) is 5.63. The first-order valence-electron chi connectivity index (χ1n) is 7.80. The number of aryl methyl sites for hydroxylation is 1. The number of benzene rings is 1. The molecule has 1 aliphatic heterocycles. The van der Waals surface area contributed by atoms with Crippen molar-refractivity contribution in [3.63, 3.8) is 0 Å². The fourth-order valence-corrected chi connectivity index (χ4v) is 2.77. The smallest absolute Gasteiger partial charge is 0.259 e. The van der Waals surface area contributed by atoms with E-state index in [1.807, 2.05) is 31.2 Å². The molecule has 0 saturated heterocycles. The van der Waals surface area contributed by atoms with Crippen molar-refractivity contribution in [3.05, 3.63) is 59.9 Å². The van der Waals surface area contributed by atoms with Crippen molar-refractivity contribution in [1.29, 1.82) is 0 Å². The number of rotatable bonds is 4. The van der Waals surface area contributed by atoms with Gasteiger partial charge in [-0.3, -0.25) is 9.78 Å². The van der Waals surface area contributed by atoms with Crippen LogP contribution in [0.1, 0.15) is 24.5 Å². The molecule has 118 valence electrons. The number of hydrogen-bond acceptors (Lipinski definition) is 4. The third-order valence-corrected chi connectivity index (χ3v) is 3.97. The molecule has 0 unspecified atom stereocenters. The summed E-state index contributed by atoms with van der Waals surface area (Å²) in [5.74, 6) is -0.107. The van der Waals surface area contributed by atoms with Crippen LogP contribution in [0.25, 0.3) is 0 Å². The molecule has 0 atom stereocenters. The number of nitrogens with one attached hydrogen (secondary N) is 1. The first-order valence-corrected chi connectivity index (χ1v) is 7.80. The highest BCUT2D eigenvalue weighted by molar-refractivity contribution is 5.99. The van der Waals surface area contributed by atoms with E-state index in [1.165, 1.54) is 5.56 Å². The van der Waals surface area contributed by atoms with E-state index in [2.05, 4.69) is 32.5 Å². The standard InChI is InChI=1S/C18H20N4O/c1-14(16-7-4-10-19-12-16)20-21-18(23)13-22-11-5-8-15-6-2-3-9-17(15)22/h2-4,6-7,9-10,12H,5,8,11,13H2,1H3,(H,21,23)/b20-14-. The van der Waals surface area contributed by atoms with Crippen molar-refractivity contribution in [2.75, 3.05) is 18.0 Å². The molecule has 1 aromatic heterocycles. The maximum Gasteiger partial charge on any atom is 0.259 e. The van der Waals surface area contributed by atoms with E-state index < -0.39 is 0 Å². The van der Waals surface area contributed by atoms with Crippen LogP contribution in [-0.2, 0) is 11.2 Å². The summed E-state index contributed by atoms with van der Waals surface area (Å²) in [6, 6.07) is 12.0. The van der Waals surface area contributed by atoms with E-state index in [-0.39, 0.29) is 5.91 Å². The highest BCUT2D eigenvalue weighted by Crippen LogP contribution is 2.26. The lowest BCUT2D eigenvalue weighted by molar-refractivity contribution is -0.119. The van der Waals surface area contributed by atoms with E-state index in [0.717, 1.165) is 36.3 Å². The molecule has 0 radical (unpaired) electrons. The summed E-state index contributed by atoms with van der Waals surface area (Å²) in [4.78, 5) is 18.3. The van der Waals surface area contributed by atoms with Crippen LogP contribution in [0.5, 0.6) is 0 Å². The average Bonchev–Trinajstić information content (AvgIpc) is 2.61. The minimum atomic E-state index is -0.107. The molecule has 1 N–H and O–H groups in total. The van der Waals surface area contributed by atoms with Crippen molar-refractivity contribution < 1.29 is 4.79 Å². The number of hydrogen-bond donors (Lipinski definition) is 1. The summed E-state index contributed by atoms with van der Waals surface area (Å²) >= 11 is 0.